The molecule has 1 aromatic heterocycles. The highest BCUT2D eigenvalue weighted by atomic mass is 16.6. The number of hydrogen-bond acceptors (Lipinski definition) is 9. The van der Waals surface area contributed by atoms with Crippen molar-refractivity contribution in [1.29, 1.82) is 5.26 Å². The van der Waals surface area contributed by atoms with Crippen LogP contribution in [0, 0.1) is 18.3 Å². The summed E-state index contributed by atoms with van der Waals surface area (Å²) in [5.74, 6) is 0.851. The molecule has 48 heavy (non-hydrogen) atoms. The van der Waals surface area contributed by atoms with Crippen LogP contribution in [-0.2, 0) is 24.3 Å². The van der Waals surface area contributed by atoms with Crippen molar-refractivity contribution >= 4 is 28.4 Å². The molecule has 0 bridgehead atoms. The molecule has 1 amide bonds. The molecule has 3 aliphatic rings. The fourth-order valence-corrected chi connectivity index (χ4v) is 7.42. The van der Waals surface area contributed by atoms with Crippen LogP contribution in [0.5, 0.6) is 6.01 Å². The van der Waals surface area contributed by atoms with Gasteiger partial charge in [0.25, 0.3) is 0 Å². The van der Waals surface area contributed by atoms with Crippen LogP contribution in [0.25, 0.3) is 10.8 Å². The number of likely N-dealkylation sites (tertiary alicyclic amines) is 1. The van der Waals surface area contributed by atoms with Crippen molar-refractivity contribution in [3.8, 4) is 12.1 Å². The molecule has 0 N–H and O–H groups in total. The summed E-state index contributed by atoms with van der Waals surface area (Å²) >= 11 is 0. The van der Waals surface area contributed by atoms with Gasteiger partial charge in [-0.1, -0.05) is 60.7 Å². The third kappa shape index (κ3) is 6.60. The van der Waals surface area contributed by atoms with Crippen molar-refractivity contribution in [2.24, 2.45) is 0 Å². The maximum Gasteiger partial charge on any atom is 0.410 e. The van der Waals surface area contributed by atoms with Crippen LogP contribution in [0.4, 0.5) is 16.3 Å². The zero-order chi connectivity index (χ0) is 33.0. The van der Waals surface area contributed by atoms with Crippen LogP contribution in [0.2, 0.25) is 0 Å². The van der Waals surface area contributed by atoms with Gasteiger partial charge in [-0.2, -0.15) is 15.2 Å². The van der Waals surface area contributed by atoms with E-state index in [0.717, 1.165) is 48.6 Å². The van der Waals surface area contributed by atoms with E-state index in [0.29, 0.717) is 44.8 Å². The van der Waals surface area contributed by atoms with Crippen molar-refractivity contribution in [2.45, 2.75) is 57.8 Å². The molecule has 2 atom stereocenters. The largest absolute Gasteiger partial charge is 0.462 e. The van der Waals surface area contributed by atoms with Gasteiger partial charge < -0.3 is 29.1 Å². The number of carbonyl (C=O) groups excluding carboxylic acids is 1. The van der Waals surface area contributed by atoms with Gasteiger partial charge in [-0.3, -0.25) is 0 Å². The number of amides is 1. The second-order valence-electron chi connectivity index (χ2n) is 13.2. The van der Waals surface area contributed by atoms with Gasteiger partial charge in [-0.25, -0.2) is 4.79 Å². The van der Waals surface area contributed by atoms with E-state index in [9.17, 15) is 10.1 Å². The summed E-state index contributed by atoms with van der Waals surface area (Å²) in [7, 11) is 2.14. The molecule has 4 heterocycles. The van der Waals surface area contributed by atoms with Crippen LogP contribution in [0.15, 0.2) is 66.7 Å². The number of benzene rings is 3. The van der Waals surface area contributed by atoms with E-state index in [1.165, 1.54) is 28.4 Å². The summed E-state index contributed by atoms with van der Waals surface area (Å²) in [5, 5.41) is 12.2. The SMILES string of the molecule is Cc1cccc2cccc(N3CCc4c(nc(OC[C@H]5CCCN5C)nc4N4CCN(C(=O)OCc5ccccc5)[C@@H](CC#N)C4)C3)c12. The van der Waals surface area contributed by atoms with Crippen LogP contribution in [-0.4, -0.2) is 84.3 Å². The Hall–Kier alpha value is -4.88. The topological polar surface area (TPSA) is 98.1 Å². The zero-order valence-corrected chi connectivity index (χ0v) is 27.8. The number of fused-ring (bicyclic) bond motifs is 2. The molecule has 2 fully saturated rings. The van der Waals surface area contributed by atoms with Crippen molar-refractivity contribution in [3.63, 3.8) is 0 Å². The Kier molecular flexibility index (Phi) is 9.30. The van der Waals surface area contributed by atoms with E-state index in [1.807, 2.05) is 30.3 Å². The minimum atomic E-state index is -0.394. The quantitative estimate of drug-likeness (QED) is 0.239. The lowest BCUT2D eigenvalue weighted by molar-refractivity contribution is 0.0767. The van der Waals surface area contributed by atoms with Crippen LogP contribution in [0.1, 0.15) is 41.6 Å². The lowest BCUT2D eigenvalue weighted by atomic mass is 9.99. The first kappa shape index (κ1) is 31.7. The van der Waals surface area contributed by atoms with E-state index in [1.54, 1.807) is 4.90 Å². The first-order valence-electron chi connectivity index (χ1n) is 17.0. The number of anilines is 2. The number of hydrogen-bond donors (Lipinski definition) is 0. The van der Waals surface area contributed by atoms with Gasteiger partial charge in [0.2, 0.25) is 0 Å². The van der Waals surface area contributed by atoms with E-state index in [-0.39, 0.29) is 19.1 Å². The second kappa shape index (κ2) is 14.1. The molecular weight excluding hydrogens is 602 g/mol. The Morgan fingerprint density at radius 1 is 0.958 bits per heavy atom. The van der Waals surface area contributed by atoms with Gasteiger partial charge in [0.15, 0.2) is 0 Å². The third-order valence-electron chi connectivity index (χ3n) is 10.1. The molecule has 0 aliphatic carbocycles. The molecule has 0 radical (unpaired) electrons. The number of likely N-dealkylation sites (N-methyl/N-ethyl adjacent to an activating group) is 1. The molecule has 248 valence electrons. The number of aryl methyl sites for hydroxylation is 1. The van der Waals surface area contributed by atoms with Crippen molar-refractivity contribution in [1.82, 2.24) is 19.8 Å². The van der Waals surface area contributed by atoms with Gasteiger partial charge in [0.1, 0.15) is 19.0 Å². The summed E-state index contributed by atoms with van der Waals surface area (Å²) in [4.78, 5) is 32.0. The van der Waals surface area contributed by atoms with Crippen molar-refractivity contribution < 1.29 is 14.3 Å². The van der Waals surface area contributed by atoms with Gasteiger partial charge in [0, 0.05) is 48.9 Å². The Morgan fingerprint density at radius 3 is 2.58 bits per heavy atom. The number of nitrogens with zero attached hydrogens (tertiary/aromatic N) is 7. The predicted molar refractivity (Wildman–Crippen MR) is 186 cm³/mol. The first-order valence-corrected chi connectivity index (χ1v) is 17.0. The van der Waals surface area contributed by atoms with Crippen LogP contribution in [0.3, 0.4) is 0 Å². The number of rotatable bonds is 8. The monoisotopic (exact) mass is 645 g/mol. The summed E-state index contributed by atoms with van der Waals surface area (Å²) in [6.45, 7) is 6.94. The molecule has 0 saturated carbocycles. The van der Waals surface area contributed by atoms with Crippen molar-refractivity contribution in [3.05, 3.63) is 89.1 Å². The molecule has 2 saturated heterocycles. The molecule has 0 unspecified atom stereocenters. The fraction of sp³-hybridized carbons (Fsp3) is 0.421. The highest BCUT2D eigenvalue weighted by Gasteiger charge is 2.35. The van der Waals surface area contributed by atoms with Gasteiger partial charge >= 0.3 is 12.1 Å². The average molecular weight is 646 g/mol. The third-order valence-corrected chi connectivity index (χ3v) is 10.1. The predicted octanol–water partition coefficient (Wildman–Crippen LogP) is 5.72. The Labute approximate surface area is 282 Å². The highest BCUT2D eigenvalue weighted by Crippen LogP contribution is 2.36. The fourth-order valence-electron chi connectivity index (χ4n) is 7.42. The van der Waals surface area contributed by atoms with Crippen molar-refractivity contribution in [2.75, 3.05) is 56.2 Å². The molecule has 4 aromatic rings. The van der Waals surface area contributed by atoms with E-state index in [4.69, 9.17) is 19.4 Å². The molecule has 3 aromatic carbocycles. The highest BCUT2D eigenvalue weighted by molar-refractivity contribution is 5.97. The maximum atomic E-state index is 13.2. The minimum absolute atomic E-state index is 0.197. The average Bonchev–Trinajstić information content (AvgIpc) is 3.53. The van der Waals surface area contributed by atoms with E-state index in [2.05, 4.69) is 71.1 Å². The van der Waals surface area contributed by atoms with Crippen LogP contribution < -0.4 is 14.5 Å². The number of nitriles is 1. The second-order valence-corrected chi connectivity index (χ2v) is 13.2. The summed E-state index contributed by atoms with van der Waals surface area (Å²) in [6, 6.07) is 25.3. The minimum Gasteiger partial charge on any atom is -0.462 e. The Bertz CT molecular complexity index is 1800. The lowest BCUT2D eigenvalue weighted by Gasteiger charge is -2.42. The van der Waals surface area contributed by atoms with Crippen LogP contribution >= 0.6 is 0 Å². The maximum absolute atomic E-state index is 13.2. The first-order chi connectivity index (χ1) is 23.5. The standard InChI is InChI=1S/C38H43N7O3/c1-27-9-6-12-29-13-7-15-34(35(27)29)43-20-17-32-33(24-43)40-37(47-26-31-14-8-19-42(31)2)41-36(32)44-21-22-45(30(23-44)16-18-39)38(46)48-25-28-10-4-3-5-11-28/h3-7,9-13,15,30-31H,8,14,16-17,19-26H2,1-2H3/t30-,31+/m0/s1. The van der Waals surface area contributed by atoms with E-state index < -0.39 is 6.09 Å². The molecule has 7 rings (SSSR count). The number of piperazine rings is 1. The molecule has 0 spiro atoms. The normalized spacial score (nSPS) is 19.6. The molecule has 3 aliphatic heterocycles. The van der Waals surface area contributed by atoms with E-state index >= 15 is 0 Å². The summed E-state index contributed by atoms with van der Waals surface area (Å²) < 4.78 is 12.0. The zero-order valence-electron chi connectivity index (χ0n) is 27.8. The number of carbonyl (C=O) groups is 1. The summed E-state index contributed by atoms with van der Waals surface area (Å²) in [5.41, 5.74) is 5.48. The molecule has 10 nitrogen and oxygen atoms in total. The lowest BCUT2D eigenvalue weighted by Crippen LogP contribution is -2.55. The van der Waals surface area contributed by atoms with Gasteiger partial charge in [-0.05, 0) is 62.4 Å². The molecular formula is C38H43N7O3. The Morgan fingerprint density at radius 2 is 1.79 bits per heavy atom. The Balaban J connectivity index is 1.16. The van der Waals surface area contributed by atoms with Gasteiger partial charge in [-0.15, -0.1) is 0 Å². The smallest absolute Gasteiger partial charge is 0.410 e. The number of ether oxygens (including phenoxy) is 2. The number of aromatic nitrogens is 2. The molecule has 10 heteroatoms. The van der Waals surface area contributed by atoms with Gasteiger partial charge in [0.05, 0.1) is 30.8 Å². The summed E-state index contributed by atoms with van der Waals surface area (Å²) in [6.07, 6.45) is 2.85.